The van der Waals surface area contributed by atoms with Gasteiger partial charge in [-0.1, -0.05) is 91.0 Å². The Morgan fingerprint density at radius 3 is 2.03 bits per heavy atom. The van der Waals surface area contributed by atoms with Crippen molar-refractivity contribution in [1.29, 1.82) is 0 Å². The largest absolute Gasteiger partial charge is 0.370 e. The molecule has 4 nitrogen and oxygen atoms in total. The molecule has 0 aliphatic carbocycles. The maximum absolute atomic E-state index is 6.50. The Morgan fingerprint density at radius 1 is 0.758 bits per heavy atom. The van der Waals surface area contributed by atoms with E-state index in [2.05, 4.69) is 101 Å². The molecule has 1 saturated heterocycles. The molecule has 0 N–H and O–H groups in total. The predicted octanol–water partition coefficient (Wildman–Crippen LogP) is 6.07. The van der Waals surface area contributed by atoms with Crippen LogP contribution in [0.5, 0.6) is 0 Å². The highest BCUT2D eigenvalue weighted by Gasteiger charge is 2.19. The topological polar surface area (TPSA) is 30.3 Å². The second-order valence-electron chi connectivity index (χ2n) is 8.65. The van der Waals surface area contributed by atoms with Crippen molar-refractivity contribution in [3.05, 3.63) is 103 Å². The Balaban J connectivity index is 1.44. The molecule has 1 unspecified atom stereocenters. The SMILES string of the molecule is c1ccc(-c2cc(-c3ccccc3)n(CC(OCCN3CCCC3)c3ccccc3)n2)cc1. The molecule has 1 fully saturated rings. The highest BCUT2D eigenvalue weighted by atomic mass is 16.5. The summed E-state index contributed by atoms with van der Waals surface area (Å²) in [4.78, 5) is 2.50. The molecule has 0 bridgehead atoms. The minimum absolute atomic E-state index is 0.0558. The minimum Gasteiger partial charge on any atom is -0.370 e. The third kappa shape index (κ3) is 5.41. The lowest BCUT2D eigenvalue weighted by atomic mass is 10.1. The van der Waals surface area contributed by atoms with Crippen LogP contribution in [-0.4, -0.2) is 40.9 Å². The van der Waals surface area contributed by atoms with Crippen molar-refractivity contribution >= 4 is 0 Å². The van der Waals surface area contributed by atoms with Gasteiger partial charge in [0, 0.05) is 12.1 Å². The fourth-order valence-electron chi connectivity index (χ4n) is 4.56. The number of nitrogens with zero attached hydrogens (tertiary/aromatic N) is 3. The summed E-state index contributed by atoms with van der Waals surface area (Å²) in [6.45, 7) is 4.77. The molecule has 0 amide bonds. The highest BCUT2D eigenvalue weighted by molar-refractivity contribution is 5.68. The molecule has 0 saturated carbocycles. The van der Waals surface area contributed by atoms with Gasteiger partial charge in [-0.2, -0.15) is 5.10 Å². The molecule has 2 heterocycles. The maximum atomic E-state index is 6.50. The van der Waals surface area contributed by atoms with E-state index in [1.54, 1.807) is 0 Å². The summed E-state index contributed by atoms with van der Waals surface area (Å²) in [6.07, 6.45) is 2.55. The van der Waals surface area contributed by atoms with Crippen LogP contribution >= 0.6 is 0 Å². The smallest absolute Gasteiger partial charge is 0.102 e. The van der Waals surface area contributed by atoms with Crippen molar-refractivity contribution in [3.8, 4) is 22.5 Å². The molecule has 1 aliphatic heterocycles. The van der Waals surface area contributed by atoms with Gasteiger partial charge in [-0.25, -0.2) is 0 Å². The van der Waals surface area contributed by atoms with Gasteiger partial charge in [-0.15, -0.1) is 0 Å². The van der Waals surface area contributed by atoms with Gasteiger partial charge < -0.3 is 9.64 Å². The Hall–Kier alpha value is -3.21. The Bertz CT molecular complexity index is 1120. The number of hydrogen-bond acceptors (Lipinski definition) is 3. The van der Waals surface area contributed by atoms with E-state index < -0.39 is 0 Å². The lowest BCUT2D eigenvalue weighted by Crippen LogP contribution is -2.25. The van der Waals surface area contributed by atoms with E-state index in [1.165, 1.54) is 31.5 Å². The van der Waals surface area contributed by atoms with Crippen LogP contribution in [0.25, 0.3) is 22.5 Å². The molecule has 1 aliphatic rings. The van der Waals surface area contributed by atoms with E-state index in [-0.39, 0.29) is 6.10 Å². The van der Waals surface area contributed by atoms with Gasteiger partial charge >= 0.3 is 0 Å². The third-order valence-electron chi connectivity index (χ3n) is 6.35. The fraction of sp³-hybridized carbons (Fsp3) is 0.276. The number of benzene rings is 3. The molecule has 4 aromatic rings. The monoisotopic (exact) mass is 437 g/mol. The van der Waals surface area contributed by atoms with E-state index >= 15 is 0 Å². The van der Waals surface area contributed by atoms with Crippen LogP contribution in [0.2, 0.25) is 0 Å². The van der Waals surface area contributed by atoms with E-state index in [0.717, 1.165) is 35.7 Å². The van der Waals surface area contributed by atoms with Crippen LogP contribution in [0, 0.1) is 0 Å². The normalized spacial score (nSPS) is 15.0. The van der Waals surface area contributed by atoms with Gasteiger partial charge in [0.05, 0.1) is 24.5 Å². The van der Waals surface area contributed by atoms with Crippen LogP contribution in [-0.2, 0) is 11.3 Å². The summed E-state index contributed by atoms with van der Waals surface area (Å²) in [5.41, 5.74) is 5.57. The first kappa shape index (κ1) is 21.6. The van der Waals surface area contributed by atoms with E-state index in [0.29, 0.717) is 6.54 Å². The number of aromatic nitrogens is 2. The van der Waals surface area contributed by atoms with Gasteiger partial charge in [0.1, 0.15) is 6.10 Å². The predicted molar refractivity (Wildman–Crippen MR) is 134 cm³/mol. The van der Waals surface area contributed by atoms with Crippen LogP contribution < -0.4 is 0 Å². The molecule has 3 aromatic carbocycles. The second-order valence-corrected chi connectivity index (χ2v) is 8.65. The average molecular weight is 438 g/mol. The molecular formula is C29H31N3O. The van der Waals surface area contributed by atoms with Crippen molar-refractivity contribution < 1.29 is 4.74 Å². The Kier molecular flexibility index (Phi) is 6.95. The Morgan fingerprint density at radius 2 is 1.36 bits per heavy atom. The van der Waals surface area contributed by atoms with Gasteiger partial charge in [-0.05, 0) is 43.1 Å². The number of likely N-dealkylation sites (tertiary alicyclic amines) is 1. The van der Waals surface area contributed by atoms with Crippen LogP contribution in [0.4, 0.5) is 0 Å². The first-order valence-electron chi connectivity index (χ1n) is 11.9. The summed E-state index contributed by atoms with van der Waals surface area (Å²) in [5, 5.41) is 5.03. The van der Waals surface area contributed by atoms with E-state index in [4.69, 9.17) is 9.84 Å². The minimum atomic E-state index is -0.0558. The molecule has 1 atom stereocenters. The highest BCUT2D eigenvalue weighted by Crippen LogP contribution is 2.29. The number of rotatable bonds is 9. The number of hydrogen-bond donors (Lipinski definition) is 0. The zero-order chi connectivity index (χ0) is 22.3. The van der Waals surface area contributed by atoms with Crippen LogP contribution in [0.3, 0.4) is 0 Å². The fourth-order valence-corrected chi connectivity index (χ4v) is 4.56. The lowest BCUT2D eigenvalue weighted by Gasteiger charge is -2.22. The van der Waals surface area contributed by atoms with Crippen molar-refractivity contribution in [2.75, 3.05) is 26.2 Å². The van der Waals surface area contributed by atoms with E-state index in [9.17, 15) is 0 Å². The maximum Gasteiger partial charge on any atom is 0.102 e. The van der Waals surface area contributed by atoms with Crippen molar-refractivity contribution in [3.63, 3.8) is 0 Å². The molecule has 1 aromatic heterocycles. The molecule has 33 heavy (non-hydrogen) atoms. The first-order chi connectivity index (χ1) is 16.4. The number of ether oxygens (including phenoxy) is 1. The molecule has 5 rings (SSSR count). The molecular weight excluding hydrogens is 406 g/mol. The van der Waals surface area contributed by atoms with Gasteiger partial charge in [0.15, 0.2) is 0 Å². The summed E-state index contributed by atoms with van der Waals surface area (Å²) >= 11 is 0. The second kappa shape index (κ2) is 10.6. The van der Waals surface area contributed by atoms with Crippen LogP contribution in [0.15, 0.2) is 97.1 Å². The summed E-state index contributed by atoms with van der Waals surface area (Å²) in [5.74, 6) is 0. The van der Waals surface area contributed by atoms with Gasteiger partial charge in [0.2, 0.25) is 0 Å². The zero-order valence-corrected chi connectivity index (χ0v) is 19.0. The third-order valence-corrected chi connectivity index (χ3v) is 6.35. The van der Waals surface area contributed by atoms with Crippen molar-refractivity contribution in [2.24, 2.45) is 0 Å². The van der Waals surface area contributed by atoms with Crippen LogP contribution in [0.1, 0.15) is 24.5 Å². The Labute approximate surface area is 196 Å². The molecule has 0 radical (unpaired) electrons. The molecule has 4 heteroatoms. The zero-order valence-electron chi connectivity index (χ0n) is 19.0. The standard InChI is InChI=1S/C29H31N3O/c1-4-12-24(13-5-1)27-22-28(25-14-6-2-7-15-25)32(30-27)23-29(26-16-8-3-9-17-26)33-21-20-31-18-10-11-19-31/h1-9,12-17,22,29H,10-11,18-21,23H2. The quantitative estimate of drug-likeness (QED) is 0.318. The summed E-state index contributed by atoms with van der Waals surface area (Å²) < 4.78 is 8.61. The first-order valence-corrected chi connectivity index (χ1v) is 11.9. The van der Waals surface area contributed by atoms with Gasteiger partial charge in [-0.3, -0.25) is 4.68 Å². The van der Waals surface area contributed by atoms with Crippen molar-refractivity contribution in [2.45, 2.75) is 25.5 Å². The molecule has 168 valence electrons. The summed E-state index contributed by atoms with van der Waals surface area (Å²) in [7, 11) is 0. The average Bonchev–Trinajstić information content (AvgIpc) is 3.55. The summed E-state index contributed by atoms with van der Waals surface area (Å²) in [6, 6.07) is 33.6. The van der Waals surface area contributed by atoms with E-state index in [1.807, 2.05) is 6.07 Å². The lowest BCUT2D eigenvalue weighted by molar-refractivity contribution is 0.0275. The van der Waals surface area contributed by atoms with Crippen molar-refractivity contribution in [1.82, 2.24) is 14.7 Å². The molecule has 0 spiro atoms. The van der Waals surface area contributed by atoms with Gasteiger partial charge in [0.25, 0.3) is 0 Å².